The summed E-state index contributed by atoms with van der Waals surface area (Å²) in [6.07, 6.45) is 8.76. The van der Waals surface area contributed by atoms with Gasteiger partial charge in [0.15, 0.2) is 0 Å². The molecule has 4 nitrogen and oxygen atoms in total. The molecule has 3 fully saturated rings. The van der Waals surface area contributed by atoms with Gasteiger partial charge in [0.25, 0.3) is 0 Å². The normalized spacial score (nSPS) is 37.9. The maximum atomic E-state index is 12.4. The maximum Gasteiger partial charge on any atom is 0.216 e. The lowest BCUT2D eigenvalue weighted by molar-refractivity contribution is 0.213. The largest absolute Gasteiger partial charge is 0.384 e. The van der Waals surface area contributed by atoms with Crippen molar-refractivity contribution in [3.05, 3.63) is 0 Å². The molecule has 20 heavy (non-hydrogen) atoms. The van der Waals surface area contributed by atoms with Gasteiger partial charge in [0.2, 0.25) is 10.0 Å². The Labute approximate surface area is 122 Å². The zero-order valence-corrected chi connectivity index (χ0v) is 13.3. The Kier molecular flexibility index (Phi) is 4.39. The summed E-state index contributed by atoms with van der Waals surface area (Å²) in [5.41, 5.74) is 0. The number of methoxy groups -OCH3 is 1. The van der Waals surface area contributed by atoms with Crippen molar-refractivity contribution in [3.63, 3.8) is 0 Å². The highest BCUT2D eigenvalue weighted by Crippen LogP contribution is 2.50. The molecule has 1 aliphatic heterocycles. The van der Waals surface area contributed by atoms with E-state index >= 15 is 0 Å². The minimum Gasteiger partial charge on any atom is -0.384 e. The Bertz CT molecular complexity index is 436. The van der Waals surface area contributed by atoms with Crippen molar-refractivity contribution in [2.24, 2.45) is 17.8 Å². The topological polar surface area (TPSA) is 46.6 Å². The molecule has 1 saturated heterocycles. The van der Waals surface area contributed by atoms with E-state index in [0.29, 0.717) is 6.61 Å². The molecule has 0 aromatic carbocycles. The van der Waals surface area contributed by atoms with Crippen molar-refractivity contribution < 1.29 is 13.2 Å². The average Bonchev–Trinajstić information content (AvgIpc) is 3.12. The second-order valence-electron chi connectivity index (χ2n) is 6.89. The van der Waals surface area contributed by atoms with E-state index < -0.39 is 10.0 Å². The van der Waals surface area contributed by atoms with Crippen molar-refractivity contribution in [2.75, 3.05) is 26.0 Å². The minimum absolute atomic E-state index is 0.136. The number of nitrogens with zero attached hydrogens (tertiary/aromatic N) is 1. The van der Waals surface area contributed by atoms with Gasteiger partial charge < -0.3 is 4.74 Å². The summed E-state index contributed by atoms with van der Waals surface area (Å²) in [4.78, 5) is 0. The van der Waals surface area contributed by atoms with E-state index in [1.165, 1.54) is 25.7 Å². The van der Waals surface area contributed by atoms with Crippen LogP contribution >= 0.6 is 0 Å². The molecular weight excluding hydrogens is 274 g/mol. The monoisotopic (exact) mass is 301 g/mol. The first kappa shape index (κ1) is 14.8. The lowest BCUT2D eigenvalue weighted by Crippen LogP contribution is -2.39. The van der Waals surface area contributed by atoms with Crippen LogP contribution in [0.3, 0.4) is 0 Å². The number of sulfonamides is 1. The third-order valence-corrected chi connectivity index (χ3v) is 7.56. The number of fused-ring (bicyclic) bond motifs is 2. The van der Waals surface area contributed by atoms with Crippen LogP contribution in [0.4, 0.5) is 0 Å². The van der Waals surface area contributed by atoms with Gasteiger partial charge in [0.05, 0.1) is 12.4 Å². The van der Waals surface area contributed by atoms with Crippen LogP contribution in [0.25, 0.3) is 0 Å². The van der Waals surface area contributed by atoms with Gasteiger partial charge in [-0.15, -0.1) is 0 Å². The predicted octanol–water partition coefficient (Wildman–Crippen LogP) is 2.25. The standard InChI is InChI=1S/C15H27NO3S/c1-19-7-8-20(17,18)16-6-2-3-15(16)11-14-10-12-4-5-13(14)9-12/h12-15H,2-11H2,1H3/t12-,13-,14+,15+/m0/s1. The third kappa shape index (κ3) is 2.90. The van der Waals surface area contributed by atoms with E-state index in [4.69, 9.17) is 4.74 Å². The first-order valence-electron chi connectivity index (χ1n) is 8.08. The molecule has 116 valence electrons. The molecule has 0 aromatic rings. The SMILES string of the molecule is COCCS(=O)(=O)N1CCC[C@@H]1C[C@H]1C[C@H]2CC[C@H]1C2. The molecule has 5 heteroatoms. The molecule has 0 radical (unpaired) electrons. The van der Waals surface area contributed by atoms with Crippen LogP contribution in [-0.2, 0) is 14.8 Å². The van der Waals surface area contributed by atoms with Crippen LogP contribution in [-0.4, -0.2) is 44.8 Å². The van der Waals surface area contributed by atoms with Crippen molar-refractivity contribution in [3.8, 4) is 0 Å². The van der Waals surface area contributed by atoms with Gasteiger partial charge in [-0.25, -0.2) is 8.42 Å². The molecule has 3 rings (SSSR count). The van der Waals surface area contributed by atoms with E-state index in [1.807, 2.05) is 0 Å². The highest BCUT2D eigenvalue weighted by molar-refractivity contribution is 7.89. The van der Waals surface area contributed by atoms with Gasteiger partial charge >= 0.3 is 0 Å². The van der Waals surface area contributed by atoms with E-state index in [1.54, 1.807) is 11.4 Å². The average molecular weight is 301 g/mol. The summed E-state index contributed by atoms with van der Waals surface area (Å²) in [7, 11) is -1.56. The number of hydrogen-bond acceptors (Lipinski definition) is 3. The maximum absolute atomic E-state index is 12.4. The number of ether oxygens (including phenoxy) is 1. The lowest BCUT2D eigenvalue weighted by Gasteiger charge is -2.29. The van der Waals surface area contributed by atoms with Gasteiger partial charge in [-0.3, -0.25) is 0 Å². The van der Waals surface area contributed by atoms with Crippen LogP contribution in [0.5, 0.6) is 0 Å². The fraction of sp³-hybridized carbons (Fsp3) is 1.00. The van der Waals surface area contributed by atoms with Crippen molar-refractivity contribution in [1.29, 1.82) is 0 Å². The summed E-state index contributed by atoms with van der Waals surface area (Å²) < 4.78 is 31.5. The van der Waals surface area contributed by atoms with Crippen LogP contribution in [0.15, 0.2) is 0 Å². The van der Waals surface area contributed by atoms with Gasteiger partial charge in [0.1, 0.15) is 0 Å². The Morgan fingerprint density at radius 3 is 2.70 bits per heavy atom. The highest BCUT2D eigenvalue weighted by Gasteiger charge is 2.43. The van der Waals surface area contributed by atoms with Crippen LogP contribution in [0.1, 0.15) is 44.9 Å². The Balaban J connectivity index is 1.61. The summed E-state index contributed by atoms with van der Waals surface area (Å²) >= 11 is 0. The zero-order chi connectivity index (χ0) is 14.2. The van der Waals surface area contributed by atoms with Crippen LogP contribution in [0, 0.1) is 17.8 Å². The lowest BCUT2D eigenvalue weighted by atomic mass is 9.84. The second kappa shape index (κ2) is 5.93. The molecule has 2 bridgehead atoms. The van der Waals surface area contributed by atoms with Crippen molar-refractivity contribution in [1.82, 2.24) is 4.31 Å². The molecule has 0 N–H and O–H groups in total. The fourth-order valence-electron chi connectivity index (χ4n) is 4.73. The summed E-state index contributed by atoms with van der Waals surface area (Å²) in [6, 6.07) is 0.265. The molecule has 0 aromatic heterocycles. The van der Waals surface area contributed by atoms with Gasteiger partial charge in [-0.05, 0) is 56.3 Å². The Morgan fingerprint density at radius 2 is 2.05 bits per heavy atom. The molecular formula is C15H27NO3S. The summed E-state index contributed by atoms with van der Waals surface area (Å²) in [6.45, 7) is 1.03. The first-order valence-corrected chi connectivity index (χ1v) is 9.69. The highest BCUT2D eigenvalue weighted by atomic mass is 32.2. The quantitative estimate of drug-likeness (QED) is 0.756. The number of rotatable bonds is 6. The van der Waals surface area contributed by atoms with Gasteiger partial charge in [-0.2, -0.15) is 4.31 Å². The molecule has 0 unspecified atom stereocenters. The second-order valence-corrected chi connectivity index (χ2v) is 8.93. The molecule has 0 amide bonds. The van der Waals surface area contributed by atoms with E-state index in [9.17, 15) is 8.42 Å². The third-order valence-electron chi connectivity index (χ3n) is 5.69. The molecule has 2 aliphatic carbocycles. The van der Waals surface area contributed by atoms with E-state index in [2.05, 4.69) is 0 Å². The van der Waals surface area contributed by atoms with Gasteiger partial charge in [-0.1, -0.05) is 6.42 Å². The fourth-order valence-corrected chi connectivity index (χ4v) is 6.40. The minimum atomic E-state index is -3.12. The zero-order valence-electron chi connectivity index (χ0n) is 12.5. The predicted molar refractivity (Wildman–Crippen MR) is 78.9 cm³/mol. The van der Waals surface area contributed by atoms with Crippen molar-refractivity contribution in [2.45, 2.75) is 51.0 Å². The van der Waals surface area contributed by atoms with E-state index in [0.717, 1.165) is 43.6 Å². The first-order chi connectivity index (χ1) is 9.60. The van der Waals surface area contributed by atoms with Crippen LogP contribution < -0.4 is 0 Å². The molecule has 1 heterocycles. The summed E-state index contributed by atoms with van der Waals surface area (Å²) in [5.74, 6) is 2.77. The van der Waals surface area contributed by atoms with Crippen LogP contribution in [0.2, 0.25) is 0 Å². The Morgan fingerprint density at radius 1 is 1.20 bits per heavy atom. The number of hydrogen-bond donors (Lipinski definition) is 0. The molecule has 2 saturated carbocycles. The Hall–Kier alpha value is -0.130. The molecule has 0 spiro atoms. The smallest absolute Gasteiger partial charge is 0.216 e. The molecule has 4 atom stereocenters. The van der Waals surface area contributed by atoms with E-state index in [-0.39, 0.29) is 11.8 Å². The summed E-state index contributed by atoms with van der Waals surface area (Å²) in [5, 5.41) is 0. The molecule has 3 aliphatic rings. The van der Waals surface area contributed by atoms with Crippen molar-refractivity contribution >= 4 is 10.0 Å². The van der Waals surface area contributed by atoms with Gasteiger partial charge in [0, 0.05) is 19.7 Å².